The number of carbonyl (C=O) groups is 1. The van der Waals surface area contributed by atoms with Gasteiger partial charge in [0.25, 0.3) is 5.91 Å². The van der Waals surface area contributed by atoms with Crippen LogP contribution in [0.15, 0.2) is 6.07 Å². The number of aliphatic hydroxyl groups excluding tert-OH is 1. The van der Waals surface area contributed by atoms with Gasteiger partial charge in [0.15, 0.2) is 0 Å². The Kier molecular flexibility index (Phi) is 4.86. The van der Waals surface area contributed by atoms with E-state index in [4.69, 9.17) is 0 Å². The van der Waals surface area contributed by atoms with Crippen LogP contribution in [-0.4, -0.2) is 35.1 Å². The number of carbonyl (C=O) groups excluding carboxylic acids is 1. The van der Waals surface area contributed by atoms with E-state index in [9.17, 15) is 9.90 Å². The Labute approximate surface area is 125 Å². The minimum absolute atomic E-state index is 0.0275. The van der Waals surface area contributed by atoms with E-state index < -0.39 is 5.54 Å². The zero-order valence-corrected chi connectivity index (χ0v) is 13.6. The van der Waals surface area contributed by atoms with Crippen molar-refractivity contribution in [3.8, 4) is 0 Å². The maximum absolute atomic E-state index is 12.6. The van der Waals surface area contributed by atoms with Gasteiger partial charge in [0.05, 0.1) is 17.0 Å². The second kappa shape index (κ2) is 6.27. The Balaban J connectivity index is 2.21. The van der Waals surface area contributed by atoms with Gasteiger partial charge in [-0.05, 0) is 51.2 Å². The summed E-state index contributed by atoms with van der Waals surface area (Å²) in [6.45, 7) is 3.74. The molecule has 0 saturated heterocycles. The average Bonchev–Trinajstić information content (AvgIpc) is 2.79. The van der Waals surface area contributed by atoms with Crippen molar-refractivity contribution in [1.82, 2.24) is 4.90 Å². The SMILES string of the molecule is CN(C(=O)c1cc2c(s1)CCCCCC2)C(C)(C)CO. The fourth-order valence-electron chi connectivity index (χ4n) is 2.50. The van der Waals surface area contributed by atoms with E-state index in [1.54, 1.807) is 23.3 Å². The van der Waals surface area contributed by atoms with Crippen LogP contribution in [0.4, 0.5) is 0 Å². The summed E-state index contributed by atoms with van der Waals surface area (Å²) in [6.07, 6.45) is 7.29. The summed E-state index contributed by atoms with van der Waals surface area (Å²) in [6, 6.07) is 2.08. The number of hydrogen-bond donors (Lipinski definition) is 1. The Morgan fingerprint density at radius 3 is 2.60 bits per heavy atom. The molecule has 1 aromatic heterocycles. The fourth-order valence-corrected chi connectivity index (χ4v) is 3.73. The maximum Gasteiger partial charge on any atom is 0.264 e. The van der Waals surface area contributed by atoms with Crippen LogP contribution in [-0.2, 0) is 12.8 Å². The molecule has 0 radical (unpaired) electrons. The third-order valence-corrected chi connectivity index (χ3v) is 5.53. The maximum atomic E-state index is 12.6. The Morgan fingerprint density at radius 1 is 1.30 bits per heavy atom. The van der Waals surface area contributed by atoms with E-state index in [1.165, 1.54) is 36.1 Å². The Hall–Kier alpha value is -0.870. The number of aryl methyl sites for hydroxylation is 2. The minimum Gasteiger partial charge on any atom is -0.394 e. The molecule has 0 bridgehead atoms. The van der Waals surface area contributed by atoms with Crippen molar-refractivity contribution in [3.05, 3.63) is 21.4 Å². The second-order valence-corrected chi connectivity index (χ2v) is 7.44. The highest BCUT2D eigenvalue weighted by atomic mass is 32.1. The number of nitrogens with zero attached hydrogens (tertiary/aromatic N) is 1. The number of thiophene rings is 1. The average molecular weight is 295 g/mol. The second-order valence-electron chi connectivity index (χ2n) is 6.31. The number of amides is 1. The molecule has 112 valence electrons. The summed E-state index contributed by atoms with van der Waals surface area (Å²) in [5.74, 6) is 0.0285. The molecule has 0 spiro atoms. The van der Waals surface area contributed by atoms with Crippen LogP contribution in [0.2, 0.25) is 0 Å². The molecular formula is C16H25NO2S. The van der Waals surface area contributed by atoms with Crippen LogP contribution in [0, 0.1) is 0 Å². The molecule has 0 aromatic carbocycles. The minimum atomic E-state index is -0.518. The lowest BCUT2D eigenvalue weighted by atomic mass is 9.99. The summed E-state index contributed by atoms with van der Waals surface area (Å²) in [4.78, 5) is 16.4. The van der Waals surface area contributed by atoms with E-state index in [0.29, 0.717) is 0 Å². The summed E-state index contributed by atoms with van der Waals surface area (Å²) in [5.41, 5.74) is 0.850. The smallest absolute Gasteiger partial charge is 0.264 e. The Morgan fingerprint density at radius 2 is 1.95 bits per heavy atom. The summed E-state index contributed by atoms with van der Waals surface area (Å²) >= 11 is 1.65. The standard InChI is InChI=1S/C16H25NO2S/c1-16(2,11-18)17(3)15(19)14-10-12-8-6-4-5-7-9-13(12)20-14/h10,18H,4-9,11H2,1-3H3. The molecule has 0 unspecified atom stereocenters. The first-order valence-corrected chi connectivity index (χ1v) is 8.28. The van der Waals surface area contributed by atoms with Crippen LogP contribution < -0.4 is 0 Å². The number of rotatable bonds is 3. The molecule has 20 heavy (non-hydrogen) atoms. The Bertz CT molecular complexity index is 453. The third-order valence-electron chi connectivity index (χ3n) is 4.31. The quantitative estimate of drug-likeness (QED) is 0.930. The zero-order valence-electron chi connectivity index (χ0n) is 12.7. The van der Waals surface area contributed by atoms with Crippen molar-refractivity contribution in [2.45, 2.75) is 57.9 Å². The van der Waals surface area contributed by atoms with Gasteiger partial charge in [-0.1, -0.05) is 12.8 Å². The molecule has 0 saturated carbocycles. The lowest BCUT2D eigenvalue weighted by molar-refractivity contribution is 0.0477. The molecular weight excluding hydrogens is 270 g/mol. The van der Waals surface area contributed by atoms with E-state index in [2.05, 4.69) is 6.07 Å². The predicted molar refractivity (Wildman–Crippen MR) is 83.5 cm³/mol. The van der Waals surface area contributed by atoms with Crippen LogP contribution >= 0.6 is 11.3 Å². The largest absolute Gasteiger partial charge is 0.394 e. The highest BCUT2D eigenvalue weighted by Gasteiger charge is 2.29. The predicted octanol–water partition coefficient (Wildman–Crippen LogP) is 3.25. The fraction of sp³-hybridized carbons (Fsp3) is 0.688. The van der Waals surface area contributed by atoms with Crippen molar-refractivity contribution >= 4 is 17.2 Å². The van der Waals surface area contributed by atoms with Gasteiger partial charge in [-0.15, -0.1) is 11.3 Å². The number of aliphatic hydroxyl groups is 1. The molecule has 0 fully saturated rings. The molecule has 0 aliphatic heterocycles. The topological polar surface area (TPSA) is 40.5 Å². The number of likely N-dealkylation sites (N-methyl/N-ethyl adjacent to an activating group) is 1. The normalized spacial score (nSPS) is 16.2. The van der Waals surface area contributed by atoms with Gasteiger partial charge < -0.3 is 10.0 Å². The van der Waals surface area contributed by atoms with Crippen LogP contribution in [0.25, 0.3) is 0 Å². The third kappa shape index (κ3) is 3.23. The highest BCUT2D eigenvalue weighted by molar-refractivity contribution is 7.14. The highest BCUT2D eigenvalue weighted by Crippen LogP contribution is 2.30. The molecule has 1 aromatic rings. The molecule has 1 heterocycles. The lowest BCUT2D eigenvalue weighted by Crippen LogP contribution is -2.47. The molecule has 1 aliphatic carbocycles. The number of hydrogen-bond acceptors (Lipinski definition) is 3. The molecule has 2 rings (SSSR count). The van der Waals surface area contributed by atoms with Gasteiger partial charge in [-0.3, -0.25) is 4.79 Å². The number of fused-ring (bicyclic) bond motifs is 1. The lowest BCUT2D eigenvalue weighted by Gasteiger charge is -2.33. The van der Waals surface area contributed by atoms with Crippen LogP contribution in [0.5, 0.6) is 0 Å². The van der Waals surface area contributed by atoms with Crippen LogP contribution in [0.3, 0.4) is 0 Å². The summed E-state index contributed by atoms with van der Waals surface area (Å²) in [5, 5.41) is 9.41. The monoisotopic (exact) mass is 295 g/mol. The van der Waals surface area contributed by atoms with Gasteiger partial charge in [-0.25, -0.2) is 0 Å². The molecule has 1 amide bonds. The van der Waals surface area contributed by atoms with Gasteiger partial charge in [0, 0.05) is 11.9 Å². The van der Waals surface area contributed by atoms with Gasteiger partial charge in [0.1, 0.15) is 0 Å². The van der Waals surface area contributed by atoms with Gasteiger partial charge >= 0.3 is 0 Å². The van der Waals surface area contributed by atoms with E-state index in [-0.39, 0.29) is 12.5 Å². The van der Waals surface area contributed by atoms with Gasteiger partial charge in [0.2, 0.25) is 0 Å². The first-order valence-electron chi connectivity index (χ1n) is 7.46. The first-order chi connectivity index (χ1) is 9.45. The molecule has 1 N–H and O–H groups in total. The van der Waals surface area contributed by atoms with Crippen molar-refractivity contribution in [2.75, 3.05) is 13.7 Å². The zero-order chi connectivity index (χ0) is 14.8. The van der Waals surface area contributed by atoms with Crippen molar-refractivity contribution in [2.24, 2.45) is 0 Å². The molecule has 0 atom stereocenters. The van der Waals surface area contributed by atoms with E-state index in [0.717, 1.165) is 17.7 Å². The first kappa shape index (κ1) is 15.5. The van der Waals surface area contributed by atoms with Crippen LogP contribution in [0.1, 0.15) is 59.6 Å². The van der Waals surface area contributed by atoms with E-state index >= 15 is 0 Å². The molecule has 1 aliphatic rings. The van der Waals surface area contributed by atoms with E-state index in [1.807, 2.05) is 13.8 Å². The van der Waals surface area contributed by atoms with Gasteiger partial charge in [-0.2, -0.15) is 0 Å². The van der Waals surface area contributed by atoms with Crippen molar-refractivity contribution in [3.63, 3.8) is 0 Å². The summed E-state index contributed by atoms with van der Waals surface area (Å²) < 4.78 is 0. The summed E-state index contributed by atoms with van der Waals surface area (Å²) in [7, 11) is 1.77. The van der Waals surface area contributed by atoms with Crippen molar-refractivity contribution < 1.29 is 9.90 Å². The van der Waals surface area contributed by atoms with Crippen molar-refractivity contribution in [1.29, 1.82) is 0 Å². The molecule has 4 heteroatoms. The molecule has 3 nitrogen and oxygen atoms in total.